The van der Waals surface area contributed by atoms with E-state index in [1.54, 1.807) is 0 Å². The number of aromatic nitrogens is 5. The minimum absolute atomic E-state index is 0.126. The van der Waals surface area contributed by atoms with E-state index in [-0.39, 0.29) is 10.8 Å². The van der Waals surface area contributed by atoms with E-state index in [0.29, 0.717) is 0 Å². The van der Waals surface area contributed by atoms with E-state index in [1.165, 1.54) is 153 Å². The number of rotatable bonds is 4. The molecular formula is C81H57N5. The van der Waals surface area contributed by atoms with E-state index < -0.39 is 0 Å². The van der Waals surface area contributed by atoms with Crippen molar-refractivity contribution in [3.8, 4) is 33.6 Å². The summed E-state index contributed by atoms with van der Waals surface area (Å²) in [7, 11) is 0. The zero-order valence-electron chi connectivity index (χ0n) is 48.8. The van der Waals surface area contributed by atoms with Crippen molar-refractivity contribution in [1.29, 1.82) is 0 Å². The van der Waals surface area contributed by atoms with Gasteiger partial charge in [0.2, 0.25) is 0 Å². The summed E-state index contributed by atoms with van der Waals surface area (Å²) in [5, 5.41) is 18.5. The van der Waals surface area contributed by atoms with Gasteiger partial charge in [0.15, 0.2) is 0 Å². The average Bonchev–Trinajstić information content (AvgIpc) is 1.52. The predicted molar refractivity (Wildman–Crippen MR) is 366 cm³/mol. The third-order valence-corrected chi connectivity index (χ3v) is 19.4. The van der Waals surface area contributed by atoms with Crippen molar-refractivity contribution in [1.82, 2.24) is 22.9 Å². The maximum Gasteiger partial charge on any atom is 0.146 e. The monoisotopic (exact) mass is 1100 g/mol. The normalized spacial score (nSPS) is 13.0. The first-order valence-electron chi connectivity index (χ1n) is 30.3. The number of nitrogens with zero attached hydrogens (tertiary/aromatic N) is 5. The third kappa shape index (κ3) is 6.31. The summed E-state index contributed by atoms with van der Waals surface area (Å²) in [6, 6.07) is 89.1. The Bertz CT molecular complexity index is 6130. The molecule has 12 aromatic carbocycles. The van der Waals surface area contributed by atoms with Gasteiger partial charge in [0.25, 0.3) is 0 Å². The van der Waals surface area contributed by atoms with Crippen molar-refractivity contribution in [3.05, 3.63) is 248 Å². The van der Waals surface area contributed by atoms with Gasteiger partial charge < -0.3 is 13.5 Å². The molecule has 0 bridgehead atoms. The van der Waals surface area contributed by atoms with Crippen molar-refractivity contribution in [2.45, 2.75) is 52.4 Å². The molecule has 0 spiro atoms. The van der Waals surface area contributed by atoms with Crippen LogP contribution in [0.4, 0.5) is 0 Å². The maximum atomic E-state index is 6.16. The van der Waals surface area contributed by atoms with Gasteiger partial charge in [-0.15, -0.1) is 0 Å². The Morgan fingerprint density at radius 3 is 1.34 bits per heavy atom. The smallest absolute Gasteiger partial charge is 0.146 e. The fourth-order valence-electron chi connectivity index (χ4n) is 15.4. The third-order valence-electron chi connectivity index (χ3n) is 19.4. The Kier molecular flexibility index (Phi) is 9.28. The van der Waals surface area contributed by atoms with E-state index in [2.05, 4.69) is 296 Å². The van der Waals surface area contributed by atoms with Gasteiger partial charge >= 0.3 is 0 Å². The van der Waals surface area contributed by atoms with Crippen LogP contribution in [0.3, 0.4) is 0 Å². The summed E-state index contributed by atoms with van der Waals surface area (Å²) in [4.78, 5) is 6.16. The van der Waals surface area contributed by atoms with Crippen molar-refractivity contribution in [2.75, 3.05) is 0 Å². The van der Waals surface area contributed by atoms with Gasteiger partial charge in [-0.2, -0.15) is 0 Å². The van der Waals surface area contributed by atoms with E-state index in [9.17, 15) is 0 Å². The van der Waals surface area contributed by atoms with Crippen LogP contribution < -0.4 is 0 Å². The molecule has 0 atom stereocenters. The fourth-order valence-corrected chi connectivity index (χ4v) is 15.4. The van der Waals surface area contributed by atoms with Crippen LogP contribution in [-0.2, 0) is 10.8 Å². The Morgan fingerprint density at radius 1 is 0.291 bits per heavy atom. The molecule has 406 valence electrons. The molecule has 5 nitrogen and oxygen atoms in total. The molecule has 7 heterocycles. The first-order valence-corrected chi connectivity index (χ1v) is 30.3. The summed E-state index contributed by atoms with van der Waals surface area (Å²) in [6.07, 6.45) is 0. The average molecular weight is 1100 g/mol. The Labute approximate surface area is 495 Å². The summed E-state index contributed by atoms with van der Waals surface area (Å²) in [6.45, 7) is 14.1. The zero-order chi connectivity index (χ0) is 57.2. The molecule has 0 unspecified atom stereocenters. The second kappa shape index (κ2) is 16.6. The molecule has 0 fully saturated rings. The minimum Gasteiger partial charge on any atom is -0.309 e. The fraction of sp³-hybridized carbons (Fsp3) is 0.0988. The second-order valence-corrected chi connectivity index (χ2v) is 26.3. The second-order valence-electron chi connectivity index (χ2n) is 26.3. The molecule has 0 saturated heterocycles. The van der Waals surface area contributed by atoms with Gasteiger partial charge in [0.05, 0.1) is 55.2 Å². The highest BCUT2D eigenvalue weighted by Gasteiger charge is 2.31. The molecule has 19 aromatic rings. The van der Waals surface area contributed by atoms with Crippen LogP contribution >= 0.6 is 0 Å². The SMILES string of the molecule is CC(C)(C)c1cc(-c2ccc3c(c2)c2ccccc2n3-c2ccccc2)c2c(c1)c1c3ccccc3cc3c4nc5c(cc4n2c31)c1cc(C(C)(C)C)cc2c3c4ccccc4cc(-c4ccc6c(c4)c4ccccc4n6-c4ccccc4)c3n5c12. The van der Waals surface area contributed by atoms with Crippen LogP contribution in [-0.4, -0.2) is 22.9 Å². The molecular weight excluding hydrogens is 1040 g/mol. The van der Waals surface area contributed by atoms with Crippen LogP contribution in [0.5, 0.6) is 0 Å². The number of benzene rings is 12. The number of pyridine rings is 1. The lowest BCUT2D eigenvalue weighted by Crippen LogP contribution is -2.11. The summed E-state index contributed by atoms with van der Waals surface area (Å²) in [5.41, 5.74) is 22.2. The Hall–Kier alpha value is -10.5. The molecule has 7 aromatic heterocycles. The number of para-hydroxylation sites is 4. The van der Waals surface area contributed by atoms with Gasteiger partial charge in [-0.05, 0) is 158 Å². The summed E-state index contributed by atoms with van der Waals surface area (Å²) >= 11 is 0. The Balaban J connectivity index is 0.963. The first kappa shape index (κ1) is 47.9. The number of hydrogen-bond donors (Lipinski definition) is 0. The van der Waals surface area contributed by atoms with Gasteiger partial charge in [-0.3, -0.25) is 4.40 Å². The molecule has 0 aliphatic heterocycles. The zero-order valence-corrected chi connectivity index (χ0v) is 48.8. The molecule has 86 heavy (non-hydrogen) atoms. The molecule has 5 heteroatoms. The minimum atomic E-state index is -0.134. The van der Waals surface area contributed by atoms with Crippen LogP contribution in [0.15, 0.2) is 237 Å². The lowest BCUT2D eigenvalue weighted by molar-refractivity contribution is 0.591. The topological polar surface area (TPSA) is 31.6 Å². The molecule has 0 radical (unpaired) electrons. The molecule has 0 aliphatic carbocycles. The first-order chi connectivity index (χ1) is 41.9. The van der Waals surface area contributed by atoms with E-state index in [1.807, 2.05) is 0 Å². The largest absolute Gasteiger partial charge is 0.309 e. The van der Waals surface area contributed by atoms with Gasteiger partial charge in [0, 0.05) is 81.8 Å². The van der Waals surface area contributed by atoms with Gasteiger partial charge in [-0.25, -0.2) is 4.98 Å². The lowest BCUT2D eigenvalue weighted by atomic mass is 9.83. The van der Waals surface area contributed by atoms with Crippen molar-refractivity contribution in [3.63, 3.8) is 0 Å². The van der Waals surface area contributed by atoms with Crippen molar-refractivity contribution >= 4 is 142 Å². The van der Waals surface area contributed by atoms with Gasteiger partial charge in [0.1, 0.15) is 5.65 Å². The number of fused-ring (bicyclic) bond motifs is 22. The molecule has 0 aliphatic rings. The summed E-state index contributed by atoms with van der Waals surface area (Å²) < 4.78 is 10.0. The molecule has 0 amide bonds. The number of hydrogen-bond acceptors (Lipinski definition) is 1. The highest BCUT2D eigenvalue weighted by atomic mass is 15.0. The lowest BCUT2D eigenvalue weighted by Gasteiger charge is -2.21. The van der Waals surface area contributed by atoms with E-state index in [4.69, 9.17) is 4.98 Å². The quantitative estimate of drug-likeness (QED) is 0.173. The van der Waals surface area contributed by atoms with Gasteiger partial charge in [-0.1, -0.05) is 175 Å². The standard InChI is InChI=1S/C81H57N5/c1-80(2,3)50-41-59(49-34-36-70-61(39-49)57-30-18-20-32-68(57)84(70)53-25-11-8-12-26-53)75-64(43-50)73-55-28-16-14-22-47(55)40-66-74-71(85(75)78(66)73)45-63-62-42-51(81(4,5)6)44-65-72-54-27-15-13-21-46(54)37-58(77(72)86(76(62)65)79(63)82-74)48-33-35-69-60(38-48)56-29-17-19-31-67(56)83(69)52-23-9-7-10-24-52/h7-45H,1-6H3. The Morgan fingerprint density at radius 2 is 0.756 bits per heavy atom. The van der Waals surface area contributed by atoms with Crippen molar-refractivity contribution in [2.24, 2.45) is 0 Å². The van der Waals surface area contributed by atoms with E-state index in [0.717, 1.165) is 33.4 Å². The molecule has 19 rings (SSSR count). The molecule has 0 N–H and O–H groups in total. The molecule has 0 saturated carbocycles. The van der Waals surface area contributed by atoms with Crippen LogP contribution in [0.2, 0.25) is 0 Å². The maximum absolute atomic E-state index is 6.16. The summed E-state index contributed by atoms with van der Waals surface area (Å²) in [5.74, 6) is 0. The highest BCUT2D eigenvalue weighted by Crippen LogP contribution is 2.52. The highest BCUT2D eigenvalue weighted by molar-refractivity contribution is 6.35. The van der Waals surface area contributed by atoms with Crippen LogP contribution in [0.1, 0.15) is 52.7 Å². The predicted octanol–water partition coefficient (Wildman–Crippen LogP) is 21.8. The van der Waals surface area contributed by atoms with Crippen molar-refractivity contribution < 1.29 is 0 Å². The van der Waals surface area contributed by atoms with E-state index >= 15 is 0 Å². The van der Waals surface area contributed by atoms with Crippen LogP contribution in [0, 0.1) is 0 Å². The van der Waals surface area contributed by atoms with Crippen LogP contribution in [0.25, 0.3) is 175 Å².